The van der Waals surface area contributed by atoms with Crippen LogP contribution in [0.25, 0.3) is 0 Å². The van der Waals surface area contributed by atoms with Crippen molar-refractivity contribution >= 4 is 0 Å². The number of hydrogen-bond donors (Lipinski definition) is 0. The molecule has 0 atom stereocenters. The molecule has 1 rings (SSSR count). The molecule has 0 amide bonds. The van der Waals surface area contributed by atoms with E-state index in [2.05, 4.69) is 39.0 Å². The molecule has 1 aromatic carbocycles. The molecular weight excluding hydrogens is 132 g/mol. The molecule has 1 aromatic rings. The van der Waals surface area contributed by atoms with Crippen LogP contribution in [0.2, 0.25) is 0 Å². The van der Waals surface area contributed by atoms with Gasteiger partial charge < -0.3 is 0 Å². The van der Waals surface area contributed by atoms with E-state index in [4.69, 9.17) is 0 Å². The Morgan fingerprint density at radius 1 is 1.27 bits per heavy atom. The zero-order valence-electron chi connectivity index (χ0n) is 7.57. The van der Waals surface area contributed by atoms with Crippen LogP contribution in [0.15, 0.2) is 12.1 Å². The Balaban J connectivity index is 2.99. The van der Waals surface area contributed by atoms with Gasteiger partial charge in [-0.1, -0.05) is 26.0 Å². The maximum Gasteiger partial charge on any atom is -0.0144 e. The Morgan fingerprint density at radius 3 is 2.45 bits per heavy atom. The topological polar surface area (TPSA) is 0 Å². The summed E-state index contributed by atoms with van der Waals surface area (Å²) in [5.74, 6) is 0. The lowest BCUT2D eigenvalue weighted by molar-refractivity contribution is 1.07. The molecule has 0 saturated carbocycles. The fraction of sp³-hybridized carbons (Fsp3) is 0.455. The van der Waals surface area contributed by atoms with Crippen LogP contribution in [0.3, 0.4) is 0 Å². The number of aryl methyl sites for hydroxylation is 3. The molecule has 0 saturated heterocycles. The first-order valence-electron chi connectivity index (χ1n) is 4.28. The first-order chi connectivity index (χ1) is 5.27. The summed E-state index contributed by atoms with van der Waals surface area (Å²) in [5.41, 5.74) is 4.12. The smallest absolute Gasteiger partial charge is 0.0144 e. The molecule has 0 aliphatic carbocycles. The maximum atomic E-state index is 3.31. The van der Waals surface area contributed by atoms with Gasteiger partial charge in [-0.25, -0.2) is 0 Å². The van der Waals surface area contributed by atoms with Gasteiger partial charge in [-0.3, -0.25) is 0 Å². The molecule has 11 heavy (non-hydrogen) atoms. The SMILES string of the molecule is CCc1c[c]c(CC)c(C)c1. The largest absolute Gasteiger partial charge is 0.0613 e. The van der Waals surface area contributed by atoms with Crippen molar-refractivity contribution in [3.8, 4) is 0 Å². The van der Waals surface area contributed by atoms with Crippen LogP contribution in [0.5, 0.6) is 0 Å². The normalized spacial score (nSPS) is 10.1. The van der Waals surface area contributed by atoms with Gasteiger partial charge in [0.2, 0.25) is 0 Å². The average molecular weight is 147 g/mol. The summed E-state index contributed by atoms with van der Waals surface area (Å²) in [5, 5.41) is 0. The predicted molar refractivity (Wildman–Crippen MR) is 48.8 cm³/mol. The quantitative estimate of drug-likeness (QED) is 0.603. The van der Waals surface area contributed by atoms with E-state index >= 15 is 0 Å². The molecule has 0 bridgehead atoms. The lowest BCUT2D eigenvalue weighted by Crippen LogP contribution is -1.89. The van der Waals surface area contributed by atoms with E-state index in [1.54, 1.807) is 0 Å². The van der Waals surface area contributed by atoms with Gasteiger partial charge in [0.15, 0.2) is 0 Å². The average Bonchev–Trinajstić information content (AvgIpc) is 2.04. The molecule has 0 aliphatic heterocycles. The highest BCUT2D eigenvalue weighted by atomic mass is 14.0. The van der Waals surface area contributed by atoms with Crippen molar-refractivity contribution < 1.29 is 0 Å². The van der Waals surface area contributed by atoms with E-state index in [1.807, 2.05) is 0 Å². The van der Waals surface area contributed by atoms with E-state index in [9.17, 15) is 0 Å². The van der Waals surface area contributed by atoms with E-state index in [1.165, 1.54) is 16.7 Å². The molecule has 0 unspecified atom stereocenters. The highest BCUT2D eigenvalue weighted by Crippen LogP contribution is 2.10. The molecule has 0 spiro atoms. The summed E-state index contributed by atoms with van der Waals surface area (Å²) < 4.78 is 0. The highest BCUT2D eigenvalue weighted by molar-refractivity contribution is 5.29. The van der Waals surface area contributed by atoms with Crippen molar-refractivity contribution in [3.05, 3.63) is 34.9 Å². The highest BCUT2D eigenvalue weighted by Gasteiger charge is 1.96. The summed E-state index contributed by atoms with van der Waals surface area (Å²) in [4.78, 5) is 0. The monoisotopic (exact) mass is 147 g/mol. The van der Waals surface area contributed by atoms with Crippen LogP contribution in [-0.2, 0) is 12.8 Å². The summed E-state index contributed by atoms with van der Waals surface area (Å²) in [6.45, 7) is 6.51. The summed E-state index contributed by atoms with van der Waals surface area (Å²) >= 11 is 0. The van der Waals surface area contributed by atoms with Gasteiger partial charge >= 0.3 is 0 Å². The predicted octanol–water partition coefficient (Wildman–Crippen LogP) is 2.92. The van der Waals surface area contributed by atoms with Crippen molar-refractivity contribution in [1.82, 2.24) is 0 Å². The van der Waals surface area contributed by atoms with Crippen LogP contribution < -0.4 is 0 Å². The Hall–Kier alpha value is -0.780. The van der Waals surface area contributed by atoms with Crippen LogP contribution in [0, 0.1) is 13.0 Å². The molecule has 0 nitrogen and oxygen atoms in total. The molecule has 0 heterocycles. The Bertz CT molecular complexity index is 236. The van der Waals surface area contributed by atoms with E-state index in [-0.39, 0.29) is 0 Å². The summed E-state index contributed by atoms with van der Waals surface area (Å²) in [6, 6.07) is 7.67. The second-order valence-electron chi connectivity index (χ2n) is 2.88. The molecule has 0 heteroatoms. The second-order valence-corrected chi connectivity index (χ2v) is 2.88. The lowest BCUT2D eigenvalue weighted by Gasteiger charge is -2.03. The first-order valence-corrected chi connectivity index (χ1v) is 4.28. The van der Waals surface area contributed by atoms with Gasteiger partial charge in [0, 0.05) is 0 Å². The van der Waals surface area contributed by atoms with Gasteiger partial charge in [-0.15, -0.1) is 0 Å². The zero-order chi connectivity index (χ0) is 8.27. The van der Waals surface area contributed by atoms with Gasteiger partial charge in [0.1, 0.15) is 0 Å². The molecule has 0 aliphatic rings. The van der Waals surface area contributed by atoms with Crippen LogP contribution in [0.1, 0.15) is 30.5 Å². The van der Waals surface area contributed by atoms with Crippen LogP contribution >= 0.6 is 0 Å². The summed E-state index contributed by atoms with van der Waals surface area (Å²) in [6.07, 6.45) is 2.21. The zero-order valence-corrected chi connectivity index (χ0v) is 7.57. The van der Waals surface area contributed by atoms with Crippen molar-refractivity contribution in [2.75, 3.05) is 0 Å². The van der Waals surface area contributed by atoms with Gasteiger partial charge in [0.05, 0.1) is 0 Å². The minimum Gasteiger partial charge on any atom is -0.0613 e. The van der Waals surface area contributed by atoms with Crippen molar-refractivity contribution in [2.24, 2.45) is 0 Å². The number of benzene rings is 1. The third-order valence-corrected chi connectivity index (χ3v) is 2.07. The minimum absolute atomic E-state index is 1.09. The van der Waals surface area contributed by atoms with Crippen molar-refractivity contribution in [3.63, 3.8) is 0 Å². The Kier molecular flexibility index (Phi) is 2.70. The molecule has 59 valence electrons. The fourth-order valence-corrected chi connectivity index (χ4v) is 1.29. The van der Waals surface area contributed by atoms with E-state index < -0.39 is 0 Å². The molecule has 0 aromatic heterocycles. The van der Waals surface area contributed by atoms with Crippen molar-refractivity contribution in [2.45, 2.75) is 33.6 Å². The van der Waals surface area contributed by atoms with Gasteiger partial charge in [-0.2, -0.15) is 0 Å². The number of hydrogen-bond acceptors (Lipinski definition) is 0. The van der Waals surface area contributed by atoms with Gasteiger partial charge in [-0.05, 0) is 42.5 Å². The van der Waals surface area contributed by atoms with E-state index in [0.29, 0.717) is 0 Å². The van der Waals surface area contributed by atoms with Crippen LogP contribution in [-0.4, -0.2) is 0 Å². The Labute approximate surface area is 69.3 Å². The molecular formula is C11H15. The standard InChI is InChI=1S/C11H15/c1-4-10-6-7-11(5-2)9(3)8-10/h6,8H,4-5H2,1-3H3. The molecule has 0 fully saturated rings. The maximum absolute atomic E-state index is 3.31. The fourth-order valence-electron chi connectivity index (χ4n) is 1.29. The minimum atomic E-state index is 1.09. The van der Waals surface area contributed by atoms with Crippen LogP contribution in [0.4, 0.5) is 0 Å². The number of rotatable bonds is 2. The summed E-state index contributed by atoms with van der Waals surface area (Å²) in [7, 11) is 0. The Morgan fingerprint density at radius 2 is 2.00 bits per heavy atom. The van der Waals surface area contributed by atoms with E-state index in [0.717, 1.165) is 12.8 Å². The molecule has 1 radical (unpaired) electrons. The van der Waals surface area contributed by atoms with Crippen molar-refractivity contribution in [1.29, 1.82) is 0 Å². The van der Waals surface area contributed by atoms with Gasteiger partial charge in [0.25, 0.3) is 0 Å². The third kappa shape index (κ3) is 1.83. The first kappa shape index (κ1) is 8.32. The molecule has 0 N–H and O–H groups in total. The lowest BCUT2D eigenvalue weighted by atomic mass is 10.0. The second kappa shape index (κ2) is 3.56. The third-order valence-electron chi connectivity index (χ3n) is 2.07.